The minimum absolute atomic E-state index is 0.258. The van der Waals surface area contributed by atoms with E-state index in [-0.39, 0.29) is 5.91 Å². The second kappa shape index (κ2) is 4.45. The molecule has 69 valence electrons. The monoisotopic (exact) mass is 169 g/mol. The third kappa shape index (κ3) is 2.81. The summed E-state index contributed by atoms with van der Waals surface area (Å²) >= 11 is 0. The van der Waals surface area contributed by atoms with E-state index in [0.29, 0.717) is 6.54 Å². The first-order valence-electron chi connectivity index (χ1n) is 4.44. The van der Waals surface area contributed by atoms with Crippen LogP contribution in [0.3, 0.4) is 0 Å². The van der Waals surface area contributed by atoms with Crippen molar-refractivity contribution in [1.29, 1.82) is 0 Å². The van der Waals surface area contributed by atoms with Crippen LogP contribution in [0.4, 0.5) is 0 Å². The predicted octanol–water partition coefficient (Wildman–Crippen LogP) is 0.375. The molecule has 0 spiro atoms. The van der Waals surface area contributed by atoms with Crippen molar-refractivity contribution in [3.63, 3.8) is 0 Å². The molecule has 12 heavy (non-hydrogen) atoms. The first kappa shape index (κ1) is 9.52. The summed E-state index contributed by atoms with van der Waals surface area (Å²) in [5, 5.41) is 0. The highest BCUT2D eigenvalue weighted by atomic mass is 16.2. The molecule has 0 atom stereocenters. The Hall–Kier alpha value is -0.570. The summed E-state index contributed by atoms with van der Waals surface area (Å²) in [4.78, 5) is 15.3. The molecule has 0 aliphatic carbocycles. The largest absolute Gasteiger partial charge is 0.342 e. The van der Waals surface area contributed by atoms with Gasteiger partial charge in [-0.3, -0.25) is 4.79 Å². The molecule has 3 nitrogen and oxygen atoms in total. The highest BCUT2D eigenvalue weighted by molar-refractivity contribution is 5.78. The topological polar surface area (TPSA) is 23.6 Å². The fourth-order valence-corrected chi connectivity index (χ4v) is 1.37. The van der Waals surface area contributed by atoms with Crippen molar-refractivity contribution in [3.05, 3.63) is 6.42 Å². The molecule has 0 aromatic heterocycles. The molecule has 0 N–H and O–H groups in total. The lowest BCUT2D eigenvalue weighted by Crippen LogP contribution is -2.40. The van der Waals surface area contributed by atoms with E-state index in [1.165, 1.54) is 0 Å². The number of likely N-dealkylation sites (tertiary alicyclic amines) is 1. The van der Waals surface area contributed by atoms with Crippen LogP contribution in [0.2, 0.25) is 0 Å². The maximum absolute atomic E-state index is 11.5. The molecule has 1 radical (unpaired) electrons. The first-order chi connectivity index (χ1) is 5.70. The Labute approximate surface area is 74.3 Å². The fraction of sp³-hybridized carbons (Fsp3) is 0.778. The van der Waals surface area contributed by atoms with Crippen LogP contribution >= 0.6 is 0 Å². The first-order valence-corrected chi connectivity index (χ1v) is 4.44. The molecule has 0 aromatic carbocycles. The normalized spacial score (nSPS) is 18.4. The van der Waals surface area contributed by atoms with Gasteiger partial charge in [0.15, 0.2) is 0 Å². The number of amides is 1. The molecular weight excluding hydrogens is 152 g/mol. The number of carbonyl (C=O) groups excluding carboxylic acids is 1. The third-order valence-corrected chi connectivity index (χ3v) is 2.01. The molecule has 0 saturated carbocycles. The summed E-state index contributed by atoms with van der Waals surface area (Å²) in [5.41, 5.74) is 0. The minimum Gasteiger partial charge on any atom is -0.342 e. The Balaban J connectivity index is 2.30. The standard InChI is InChI=1S/C9H17N2O/c1-10(2)8-9(12)11-6-4-3-5-7-11/h3H,4-8H2,1-2H3. The number of rotatable bonds is 2. The Morgan fingerprint density at radius 1 is 1.42 bits per heavy atom. The van der Waals surface area contributed by atoms with E-state index in [4.69, 9.17) is 0 Å². The van der Waals surface area contributed by atoms with Gasteiger partial charge in [-0.05, 0) is 33.4 Å². The molecular formula is C9H17N2O. The van der Waals surface area contributed by atoms with Crippen LogP contribution in [0.5, 0.6) is 0 Å². The lowest BCUT2D eigenvalue weighted by Gasteiger charge is -2.27. The van der Waals surface area contributed by atoms with Gasteiger partial charge in [-0.2, -0.15) is 0 Å². The number of nitrogens with zero attached hydrogens (tertiary/aromatic N) is 2. The van der Waals surface area contributed by atoms with Gasteiger partial charge in [-0.25, -0.2) is 0 Å². The summed E-state index contributed by atoms with van der Waals surface area (Å²) in [6, 6.07) is 0. The Bertz CT molecular complexity index is 151. The molecule has 1 aliphatic heterocycles. The highest BCUT2D eigenvalue weighted by Gasteiger charge is 2.16. The zero-order valence-corrected chi connectivity index (χ0v) is 7.92. The summed E-state index contributed by atoms with van der Waals surface area (Å²) in [6.45, 7) is 2.36. The maximum Gasteiger partial charge on any atom is 0.236 e. The Morgan fingerprint density at radius 3 is 2.50 bits per heavy atom. The Morgan fingerprint density at radius 2 is 2.00 bits per heavy atom. The van der Waals surface area contributed by atoms with Gasteiger partial charge in [-0.15, -0.1) is 0 Å². The number of carbonyl (C=O) groups is 1. The fourth-order valence-electron chi connectivity index (χ4n) is 1.37. The van der Waals surface area contributed by atoms with Crippen LogP contribution in [-0.2, 0) is 4.79 Å². The summed E-state index contributed by atoms with van der Waals surface area (Å²) in [5.74, 6) is 0.258. The maximum atomic E-state index is 11.5. The van der Waals surface area contributed by atoms with Gasteiger partial charge in [0.05, 0.1) is 6.54 Å². The quantitative estimate of drug-likeness (QED) is 0.596. The van der Waals surface area contributed by atoms with E-state index in [1.54, 1.807) is 0 Å². The van der Waals surface area contributed by atoms with E-state index >= 15 is 0 Å². The van der Waals surface area contributed by atoms with Crippen molar-refractivity contribution in [1.82, 2.24) is 9.80 Å². The van der Waals surface area contributed by atoms with Crippen molar-refractivity contribution in [2.24, 2.45) is 0 Å². The van der Waals surface area contributed by atoms with Crippen LogP contribution in [-0.4, -0.2) is 49.4 Å². The average Bonchev–Trinajstić information content (AvgIpc) is 2.05. The third-order valence-electron chi connectivity index (χ3n) is 2.01. The smallest absolute Gasteiger partial charge is 0.236 e. The van der Waals surface area contributed by atoms with Gasteiger partial charge in [0.25, 0.3) is 0 Å². The van der Waals surface area contributed by atoms with Crippen molar-refractivity contribution < 1.29 is 4.79 Å². The molecule has 3 heteroatoms. The van der Waals surface area contributed by atoms with E-state index in [0.717, 1.165) is 25.9 Å². The van der Waals surface area contributed by atoms with E-state index in [1.807, 2.05) is 23.9 Å². The van der Waals surface area contributed by atoms with Crippen LogP contribution in [0.15, 0.2) is 0 Å². The molecule has 1 rings (SSSR count). The van der Waals surface area contributed by atoms with Gasteiger partial charge < -0.3 is 9.80 Å². The van der Waals surface area contributed by atoms with Gasteiger partial charge >= 0.3 is 0 Å². The van der Waals surface area contributed by atoms with E-state index in [2.05, 4.69) is 6.42 Å². The molecule has 0 aromatic rings. The van der Waals surface area contributed by atoms with Gasteiger partial charge in [0.2, 0.25) is 5.91 Å². The van der Waals surface area contributed by atoms with Gasteiger partial charge in [0.1, 0.15) is 0 Å². The van der Waals surface area contributed by atoms with E-state index in [9.17, 15) is 4.79 Å². The lowest BCUT2D eigenvalue weighted by atomic mass is 10.1. The van der Waals surface area contributed by atoms with Crippen molar-refractivity contribution >= 4 is 5.91 Å². The Kier molecular flexibility index (Phi) is 3.53. The number of likely N-dealkylation sites (N-methyl/N-ethyl adjacent to an activating group) is 1. The zero-order valence-electron chi connectivity index (χ0n) is 7.92. The summed E-state index contributed by atoms with van der Waals surface area (Å²) in [6.07, 6.45) is 4.36. The van der Waals surface area contributed by atoms with Crippen LogP contribution in [0, 0.1) is 6.42 Å². The molecule has 1 aliphatic rings. The van der Waals surface area contributed by atoms with Gasteiger partial charge in [0, 0.05) is 13.1 Å². The van der Waals surface area contributed by atoms with Crippen LogP contribution in [0.25, 0.3) is 0 Å². The SMILES string of the molecule is CN(C)CC(=O)N1CC[CH]CC1. The molecule has 1 heterocycles. The van der Waals surface area contributed by atoms with Crippen molar-refractivity contribution in [2.45, 2.75) is 12.8 Å². The van der Waals surface area contributed by atoms with Crippen molar-refractivity contribution in [3.8, 4) is 0 Å². The van der Waals surface area contributed by atoms with Crippen LogP contribution < -0.4 is 0 Å². The van der Waals surface area contributed by atoms with E-state index < -0.39 is 0 Å². The molecule has 0 unspecified atom stereocenters. The molecule has 1 saturated heterocycles. The summed E-state index contributed by atoms with van der Waals surface area (Å²) in [7, 11) is 3.85. The molecule has 0 bridgehead atoms. The van der Waals surface area contributed by atoms with Gasteiger partial charge in [-0.1, -0.05) is 0 Å². The predicted molar refractivity (Wildman–Crippen MR) is 48.7 cm³/mol. The number of hydrogen-bond donors (Lipinski definition) is 0. The summed E-state index contributed by atoms with van der Waals surface area (Å²) < 4.78 is 0. The number of hydrogen-bond acceptors (Lipinski definition) is 2. The molecule has 1 fully saturated rings. The number of piperidine rings is 1. The van der Waals surface area contributed by atoms with Crippen LogP contribution in [0.1, 0.15) is 12.8 Å². The highest BCUT2D eigenvalue weighted by Crippen LogP contribution is 2.07. The average molecular weight is 169 g/mol. The lowest BCUT2D eigenvalue weighted by molar-refractivity contribution is -0.132. The van der Waals surface area contributed by atoms with Crippen molar-refractivity contribution in [2.75, 3.05) is 33.7 Å². The molecule has 1 amide bonds. The second-order valence-electron chi connectivity index (χ2n) is 3.48. The minimum atomic E-state index is 0.258. The second-order valence-corrected chi connectivity index (χ2v) is 3.48. The zero-order chi connectivity index (χ0) is 8.97.